The zero-order valence-electron chi connectivity index (χ0n) is 6.52. The predicted octanol–water partition coefficient (Wildman–Crippen LogP) is 2.74. The van der Waals surface area contributed by atoms with Crippen LogP contribution in [0, 0.1) is 0 Å². The number of hydrogen-bond acceptors (Lipinski definition) is 2. The highest BCUT2D eigenvalue weighted by Gasteiger charge is 2.37. The van der Waals surface area contributed by atoms with Crippen molar-refractivity contribution in [1.29, 1.82) is 0 Å². The monoisotopic (exact) mass is 213 g/mol. The van der Waals surface area contributed by atoms with E-state index < -0.39 is 29.6 Å². The summed E-state index contributed by atoms with van der Waals surface area (Å²) in [6.45, 7) is 0. The first kappa shape index (κ1) is 10.7. The third-order valence-corrected chi connectivity index (χ3v) is 1.41. The zero-order valence-corrected chi connectivity index (χ0v) is 6.52. The van der Waals surface area contributed by atoms with Crippen LogP contribution in [0.4, 0.5) is 22.0 Å². The summed E-state index contributed by atoms with van der Waals surface area (Å²) in [6, 6.07) is 0.348. The van der Waals surface area contributed by atoms with Gasteiger partial charge in [0.2, 0.25) is 0 Å². The van der Waals surface area contributed by atoms with Crippen molar-refractivity contribution in [2.75, 3.05) is 0 Å². The Labute approximate surface area is 75.0 Å². The number of nitrogens with zero attached hydrogens (tertiary/aromatic N) is 1. The molecule has 1 aromatic heterocycles. The van der Waals surface area contributed by atoms with Crippen LogP contribution in [-0.4, -0.2) is 10.1 Å². The van der Waals surface area contributed by atoms with Gasteiger partial charge < -0.3 is 5.11 Å². The van der Waals surface area contributed by atoms with Crippen LogP contribution in [0.1, 0.15) is 17.7 Å². The standard InChI is InChI=1S/C7H4F5NO/c8-6(9)4-1-3(14)2-13-5(4)7(10,11)12/h1-2,6,14H. The Kier molecular flexibility index (Phi) is 2.59. The topological polar surface area (TPSA) is 33.1 Å². The first-order valence-corrected chi connectivity index (χ1v) is 3.36. The molecule has 0 saturated carbocycles. The predicted molar refractivity (Wildman–Crippen MR) is 35.9 cm³/mol. The van der Waals surface area contributed by atoms with Gasteiger partial charge in [-0.2, -0.15) is 13.2 Å². The average molecular weight is 213 g/mol. The van der Waals surface area contributed by atoms with Crippen LogP contribution >= 0.6 is 0 Å². The van der Waals surface area contributed by atoms with Gasteiger partial charge in [-0.05, 0) is 6.07 Å². The van der Waals surface area contributed by atoms with E-state index in [9.17, 15) is 22.0 Å². The molecule has 0 aromatic carbocycles. The van der Waals surface area contributed by atoms with E-state index in [1.807, 2.05) is 0 Å². The summed E-state index contributed by atoms with van der Waals surface area (Å²) in [7, 11) is 0. The zero-order chi connectivity index (χ0) is 10.9. The van der Waals surface area contributed by atoms with Crippen molar-refractivity contribution in [2.24, 2.45) is 0 Å². The first-order chi connectivity index (χ1) is 6.32. The van der Waals surface area contributed by atoms with Gasteiger partial charge in [-0.3, -0.25) is 0 Å². The molecule has 2 nitrogen and oxygen atoms in total. The number of pyridine rings is 1. The van der Waals surface area contributed by atoms with E-state index in [-0.39, 0.29) is 0 Å². The summed E-state index contributed by atoms with van der Waals surface area (Å²) >= 11 is 0. The van der Waals surface area contributed by atoms with E-state index in [4.69, 9.17) is 5.11 Å². The SMILES string of the molecule is Oc1cnc(C(F)(F)F)c(C(F)F)c1. The molecule has 78 valence electrons. The molecule has 0 aliphatic rings. The number of rotatable bonds is 1. The van der Waals surface area contributed by atoms with Crippen LogP contribution in [-0.2, 0) is 6.18 Å². The minimum absolute atomic E-state index is 0.348. The van der Waals surface area contributed by atoms with Crippen LogP contribution in [0.15, 0.2) is 12.3 Å². The fraction of sp³-hybridized carbons (Fsp3) is 0.286. The molecule has 0 atom stereocenters. The molecule has 14 heavy (non-hydrogen) atoms. The Morgan fingerprint density at radius 1 is 1.29 bits per heavy atom. The van der Waals surface area contributed by atoms with E-state index in [1.165, 1.54) is 0 Å². The van der Waals surface area contributed by atoms with Gasteiger partial charge in [-0.1, -0.05) is 0 Å². The summed E-state index contributed by atoms with van der Waals surface area (Å²) in [5.74, 6) is -0.728. The highest BCUT2D eigenvalue weighted by molar-refractivity contribution is 5.30. The molecule has 0 saturated heterocycles. The van der Waals surface area contributed by atoms with Crippen LogP contribution in [0.5, 0.6) is 5.75 Å². The van der Waals surface area contributed by atoms with Gasteiger partial charge >= 0.3 is 6.18 Å². The molecule has 1 aromatic rings. The second-order valence-corrected chi connectivity index (χ2v) is 2.43. The third-order valence-electron chi connectivity index (χ3n) is 1.41. The maximum atomic E-state index is 12.1. The second-order valence-electron chi connectivity index (χ2n) is 2.43. The van der Waals surface area contributed by atoms with Crippen LogP contribution < -0.4 is 0 Å². The molecule has 0 aliphatic heterocycles. The van der Waals surface area contributed by atoms with Gasteiger partial charge in [0, 0.05) is 0 Å². The first-order valence-electron chi connectivity index (χ1n) is 3.36. The lowest BCUT2D eigenvalue weighted by molar-refractivity contribution is -0.143. The van der Waals surface area contributed by atoms with Crippen LogP contribution in [0.25, 0.3) is 0 Å². The minimum atomic E-state index is -4.94. The Morgan fingerprint density at radius 2 is 1.86 bits per heavy atom. The van der Waals surface area contributed by atoms with Gasteiger partial charge in [-0.25, -0.2) is 13.8 Å². The van der Waals surface area contributed by atoms with Gasteiger partial charge in [0.15, 0.2) is 5.69 Å². The lowest BCUT2D eigenvalue weighted by atomic mass is 10.2. The maximum Gasteiger partial charge on any atom is 0.433 e. The van der Waals surface area contributed by atoms with Crippen LogP contribution in [0.3, 0.4) is 0 Å². The van der Waals surface area contributed by atoms with Gasteiger partial charge in [-0.15, -0.1) is 0 Å². The molecule has 7 heteroatoms. The molecule has 0 bridgehead atoms. The average Bonchev–Trinajstić information content (AvgIpc) is 2.01. The fourth-order valence-corrected chi connectivity index (χ4v) is 0.873. The fourth-order valence-electron chi connectivity index (χ4n) is 0.873. The summed E-state index contributed by atoms with van der Waals surface area (Å²) in [4.78, 5) is 2.72. The lowest BCUT2D eigenvalue weighted by Gasteiger charge is -2.10. The molecule has 1 N–H and O–H groups in total. The quantitative estimate of drug-likeness (QED) is 0.727. The molecule has 0 fully saturated rings. The lowest BCUT2D eigenvalue weighted by Crippen LogP contribution is -2.11. The molecule has 0 radical (unpaired) electrons. The number of aromatic nitrogens is 1. The summed E-state index contributed by atoms with van der Waals surface area (Å²) in [5.41, 5.74) is -3.00. The third kappa shape index (κ3) is 2.09. The molecule has 0 amide bonds. The molecule has 0 unspecified atom stereocenters. The minimum Gasteiger partial charge on any atom is -0.506 e. The molecular formula is C7H4F5NO. The van der Waals surface area contributed by atoms with Crippen molar-refractivity contribution in [1.82, 2.24) is 4.98 Å². The Bertz CT molecular complexity index is 335. The van der Waals surface area contributed by atoms with Crippen molar-refractivity contribution in [3.63, 3.8) is 0 Å². The van der Waals surface area contributed by atoms with Crippen molar-refractivity contribution in [2.45, 2.75) is 12.6 Å². The van der Waals surface area contributed by atoms with Gasteiger partial charge in [0.05, 0.1) is 11.8 Å². The normalized spacial score (nSPS) is 12.1. The highest BCUT2D eigenvalue weighted by Crippen LogP contribution is 2.35. The van der Waals surface area contributed by atoms with E-state index in [0.29, 0.717) is 12.3 Å². The molecule has 1 heterocycles. The molecule has 1 rings (SSSR count). The van der Waals surface area contributed by atoms with E-state index in [1.54, 1.807) is 0 Å². The number of alkyl halides is 5. The number of aromatic hydroxyl groups is 1. The van der Waals surface area contributed by atoms with Gasteiger partial charge in [0.25, 0.3) is 6.43 Å². The summed E-state index contributed by atoms with van der Waals surface area (Å²) in [6.07, 6.45) is -7.81. The van der Waals surface area contributed by atoms with Crippen molar-refractivity contribution in [3.8, 4) is 5.75 Å². The Balaban J connectivity index is 3.29. The van der Waals surface area contributed by atoms with E-state index in [2.05, 4.69) is 4.98 Å². The Morgan fingerprint density at radius 3 is 2.29 bits per heavy atom. The molecule has 0 spiro atoms. The van der Waals surface area contributed by atoms with E-state index in [0.717, 1.165) is 0 Å². The molecular weight excluding hydrogens is 209 g/mol. The van der Waals surface area contributed by atoms with Crippen molar-refractivity contribution in [3.05, 3.63) is 23.5 Å². The summed E-state index contributed by atoms with van der Waals surface area (Å²) in [5, 5.41) is 8.69. The van der Waals surface area contributed by atoms with Crippen LogP contribution in [0.2, 0.25) is 0 Å². The highest BCUT2D eigenvalue weighted by atomic mass is 19.4. The Hall–Kier alpha value is -1.40. The number of hydrogen-bond donors (Lipinski definition) is 1. The van der Waals surface area contributed by atoms with E-state index >= 15 is 0 Å². The second kappa shape index (κ2) is 3.39. The molecule has 0 aliphatic carbocycles. The number of halogens is 5. The maximum absolute atomic E-state index is 12.1. The summed E-state index contributed by atoms with van der Waals surface area (Å²) < 4.78 is 60.4. The van der Waals surface area contributed by atoms with Crippen molar-refractivity contribution < 1.29 is 27.1 Å². The smallest absolute Gasteiger partial charge is 0.433 e. The largest absolute Gasteiger partial charge is 0.506 e. The van der Waals surface area contributed by atoms with Gasteiger partial charge in [0.1, 0.15) is 5.75 Å². The van der Waals surface area contributed by atoms with Crippen molar-refractivity contribution >= 4 is 0 Å².